The van der Waals surface area contributed by atoms with Gasteiger partial charge in [0, 0.05) is 11.3 Å². The average Bonchev–Trinajstić information content (AvgIpc) is 3.24. The van der Waals surface area contributed by atoms with E-state index < -0.39 is 0 Å². The summed E-state index contributed by atoms with van der Waals surface area (Å²) in [6.07, 6.45) is 4.03. The van der Waals surface area contributed by atoms with Crippen LogP contribution in [0.15, 0.2) is 23.6 Å². The van der Waals surface area contributed by atoms with Crippen LogP contribution in [0.5, 0.6) is 17.2 Å². The second-order valence-corrected chi connectivity index (χ2v) is 8.73. The molecule has 0 saturated heterocycles. The third kappa shape index (κ3) is 4.42. The Morgan fingerprint density at radius 1 is 1.13 bits per heavy atom. The van der Waals surface area contributed by atoms with Gasteiger partial charge in [0.1, 0.15) is 6.61 Å². The maximum absolute atomic E-state index is 12.6. The van der Waals surface area contributed by atoms with Crippen molar-refractivity contribution in [2.75, 3.05) is 42.0 Å². The van der Waals surface area contributed by atoms with Crippen molar-refractivity contribution >= 4 is 17.3 Å². The van der Waals surface area contributed by atoms with Gasteiger partial charge in [0.25, 0.3) is 0 Å². The lowest BCUT2D eigenvalue weighted by Crippen LogP contribution is -2.47. The standard InChI is InChI=1S/C23H31NO5S/c1-24(2)23(11-6-7-20-17(23)10-12-30-20)15-29-21(25)9-8-16-13-18(26-3)22(28-5)19(14-16)27-4/h10,12-14H,6-9,11,15H2,1-5H3. The predicted octanol–water partition coefficient (Wildman–Crippen LogP) is 4.04. The van der Waals surface area contributed by atoms with Crippen molar-refractivity contribution in [1.82, 2.24) is 4.90 Å². The summed E-state index contributed by atoms with van der Waals surface area (Å²) in [4.78, 5) is 16.2. The van der Waals surface area contributed by atoms with Crippen molar-refractivity contribution in [1.29, 1.82) is 0 Å². The Morgan fingerprint density at radius 2 is 1.83 bits per heavy atom. The number of benzene rings is 1. The van der Waals surface area contributed by atoms with Gasteiger partial charge in [-0.2, -0.15) is 0 Å². The van der Waals surface area contributed by atoms with E-state index in [2.05, 4.69) is 30.4 Å². The van der Waals surface area contributed by atoms with E-state index >= 15 is 0 Å². The molecule has 1 atom stereocenters. The van der Waals surface area contributed by atoms with Gasteiger partial charge in [0.15, 0.2) is 11.5 Å². The summed E-state index contributed by atoms with van der Waals surface area (Å²) >= 11 is 1.80. The van der Waals surface area contributed by atoms with E-state index in [1.807, 2.05) is 12.1 Å². The molecule has 0 amide bonds. The number of likely N-dealkylation sites (N-methyl/N-ethyl adjacent to an activating group) is 1. The van der Waals surface area contributed by atoms with Crippen molar-refractivity contribution < 1.29 is 23.7 Å². The molecule has 0 spiro atoms. The highest BCUT2D eigenvalue weighted by Gasteiger charge is 2.40. The summed E-state index contributed by atoms with van der Waals surface area (Å²) in [6.45, 7) is 0.373. The maximum Gasteiger partial charge on any atom is 0.306 e. The first-order chi connectivity index (χ1) is 14.4. The zero-order chi connectivity index (χ0) is 21.7. The van der Waals surface area contributed by atoms with Crippen molar-refractivity contribution in [3.63, 3.8) is 0 Å². The molecule has 3 rings (SSSR count). The number of rotatable bonds is 9. The molecule has 1 aliphatic rings. The molecule has 164 valence electrons. The van der Waals surface area contributed by atoms with Crippen LogP contribution in [0.25, 0.3) is 0 Å². The number of esters is 1. The highest BCUT2D eigenvalue weighted by Crippen LogP contribution is 2.42. The molecule has 0 bridgehead atoms. The van der Waals surface area contributed by atoms with Gasteiger partial charge >= 0.3 is 5.97 Å². The van der Waals surface area contributed by atoms with Gasteiger partial charge in [0.05, 0.1) is 26.9 Å². The molecular weight excluding hydrogens is 402 g/mol. The molecule has 6 nitrogen and oxygen atoms in total. The van der Waals surface area contributed by atoms with Gasteiger partial charge < -0.3 is 18.9 Å². The van der Waals surface area contributed by atoms with Crippen LogP contribution in [0.3, 0.4) is 0 Å². The van der Waals surface area contributed by atoms with Crippen molar-refractivity contribution in [2.45, 2.75) is 37.6 Å². The predicted molar refractivity (Wildman–Crippen MR) is 118 cm³/mol. The van der Waals surface area contributed by atoms with Crippen molar-refractivity contribution in [3.8, 4) is 17.2 Å². The summed E-state index contributed by atoms with van der Waals surface area (Å²) < 4.78 is 21.9. The quantitative estimate of drug-likeness (QED) is 0.556. The van der Waals surface area contributed by atoms with E-state index in [1.54, 1.807) is 32.7 Å². The number of nitrogens with zero attached hydrogens (tertiary/aromatic N) is 1. The number of carbonyl (C=O) groups is 1. The molecule has 1 unspecified atom stereocenters. The fourth-order valence-corrected chi connectivity index (χ4v) is 5.18. The second kappa shape index (κ2) is 9.71. The van der Waals surface area contributed by atoms with E-state index in [9.17, 15) is 4.79 Å². The molecule has 0 aliphatic heterocycles. The van der Waals surface area contributed by atoms with Crippen LogP contribution in [-0.4, -0.2) is 52.9 Å². The molecule has 0 saturated carbocycles. The van der Waals surface area contributed by atoms with Crippen LogP contribution < -0.4 is 14.2 Å². The van der Waals surface area contributed by atoms with Gasteiger partial charge in [-0.25, -0.2) is 0 Å². The SMILES string of the molecule is COc1cc(CCC(=O)OCC2(N(C)C)CCCc3sccc32)cc(OC)c1OC. The lowest BCUT2D eigenvalue weighted by atomic mass is 9.80. The van der Waals surface area contributed by atoms with Crippen molar-refractivity contribution in [3.05, 3.63) is 39.6 Å². The summed E-state index contributed by atoms with van der Waals surface area (Å²) in [6, 6.07) is 5.92. The molecular formula is C23H31NO5S. The minimum Gasteiger partial charge on any atom is -0.493 e. The third-order valence-corrected chi connectivity index (χ3v) is 6.89. The Bertz CT molecular complexity index is 853. The van der Waals surface area contributed by atoms with Gasteiger partial charge in [0.2, 0.25) is 5.75 Å². The summed E-state index contributed by atoms with van der Waals surface area (Å²) in [5, 5.41) is 2.14. The average molecular weight is 434 g/mol. The number of hydrogen-bond donors (Lipinski definition) is 0. The largest absolute Gasteiger partial charge is 0.493 e. The maximum atomic E-state index is 12.6. The van der Waals surface area contributed by atoms with Crippen LogP contribution in [0.4, 0.5) is 0 Å². The van der Waals surface area contributed by atoms with Gasteiger partial charge in [-0.1, -0.05) is 0 Å². The smallest absolute Gasteiger partial charge is 0.306 e. The van der Waals surface area contributed by atoms with E-state index in [1.165, 1.54) is 10.4 Å². The fourth-order valence-electron chi connectivity index (χ4n) is 4.17. The Labute approximate surface area is 182 Å². The molecule has 0 radical (unpaired) electrons. The number of fused-ring (bicyclic) bond motifs is 1. The number of methoxy groups -OCH3 is 3. The number of thiophene rings is 1. The first kappa shape index (κ1) is 22.4. The summed E-state index contributed by atoms with van der Waals surface area (Å²) in [5.41, 5.74) is 2.00. The first-order valence-corrected chi connectivity index (χ1v) is 11.0. The van der Waals surface area contributed by atoms with E-state index in [0.29, 0.717) is 36.7 Å². The second-order valence-electron chi connectivity index (χ2n) is 7.73. The van der Waals surface area contributed by atoms with Crippen LogP contribution in [0.2, 0.25) is 0 Å². The monoisotopic (exact) mass is 433 g/mol. The highest BCUT2D eigenvalue weighted by molar-refractivity contribution is 7.10. The van der Waals surface area contributed by atoms with Crippen LogP contribution >= 0.6 is 11.3 Å². The molecule has 0 fully saturated rings. The molecule has 1 heterocycles. The Hall–Kier alpha value is -2.25. The molecule has 1 aromatic heterocycles. The topological polar surface area (TPSA) is 57.2 Å². The zero-order valence-electron chi connectivity index (χ0n) is 18.4. The first-order valence-electron chi connectivity index (χ1n) is 10.1. The van der Waals surface area contributed by atoms with Gasteiger partial charge in [-0.3, -0.25) is 9.69 Å². The Balaban J connectivity index is 1.66. The highest BCUT2D eigenvalue weighted by atomic mass is 32.1. The number of hydrogen-bond acceptors (Lipinski definition) is 7. The number of carbonyl (C=O) groups excluding carboxylic acids is 1. The van der Waals surface area contributed by atoms with E-state index in [4.69, 9.17) is 18.9 Å². The zero-order valence-corrected chi connectivity index (χ0v) is 19.3. The summed E-state index contributed by atoms with van der Waals surface area (Å²) in [7, 11) is 8.87. The van der Waals surface area contributed by atoms with Crippen molar-refractivity contribution in [2.24, 2.45) is 0 Å². The van der Waals surface area contributed by atoms with Crippen LogP contribution in [-0.2, 0) is 27.9 Å². The molecule has 1 aromatic carbocycles. The van der Waals surface area contributed by atoms with Crippen LogP contribution in [0, 0.1) is 0 Å². The minimum absolute atomic E-state index is 0.202. The Morgan fingerprint density at radius 3 is 2.43 bits per heavy atom. The lowest BCUT2D eigenvalue weighted by Gasteiger charge is -2.42. The summed E-state index contributed by atoms with van der Waals surface area (Å²) in [5.74, 6) is 1.51. The normalized spacial score (nSPS) is 18.1. The molecule has 0 N–H and O–H groups in total. The van der Waals surface area contributed by atoms with E-state index in [0.717, 1.165) is 24.8 Å². The number of ether oxygens (including phenoxy) is 4. The molecule has 7 heteroatoms. The molecule has 1 aliphatic carbocycles. The third-order valence-electron chi connectivity index (χ3n) is 5.91. The van der Waals surface area contributed by atoms with Gasteiger partial charge in [-0.15, -0.1) is 11.3 Å². The fraction of sp³-hybridized carbons (Fsp3) is 0.522. The molecule has 2 aromatic rings. The van der Waals surface area contributed by atoms with E-state index in [-0.39, 0.29) is 11.5 Å². The Kier molecular flexibility index (Phi) is 7.26. The number of aryl methyl sites for hydroxylation is 2. The van der Waals surface area contributed by atoms with Crippen LogP contribution in [0.1, 0.15) is 35.3 Å². The lowest BCUT2D eigenvalue weighted by molar-refractivity contribution is -0.148. The minimum atomic E-state index is -0.240. The molecule has 30 heavy (non-hydrogen) atoms. The van der Waals surface area contributed by atoms with Gasteiger partial charge in [-0.05, 0) is 74.5 Å².